The van der Waals surface area contributed by atoms with E-state index in [1.54, 1.807) is 19.2 Å². The molecule has 0 radical (unpaired) electrons. The van der Waals surface area contributed by atoms with Gasteiger partial charge in [-0.15, -0.1) is 0 Å². The third-order valence-corrected chi connectivity index (χ3v) is 6.75. The van der Waals surface area contributed by atoms with Crippen LogP contribution in [0.5, 0.6) is 11.5 Å². The Labute approximate surface area is 176 Å². The van der Waals surface area contributed by atoms with Crippen molar-refractivity contribution in [1.29, 1.82) is 0 Å². The van der Waals surface area contributed by atoms with Crippen LogP contribution < -0.4 is 14.8 Å². The Balaban J connectivity index is 1.69. The Bertz CT molecular complexity index is 969. The van der Waals surface area contributed by atoms with Crippen LogP contribution in [0.3, 0.4) is 0 Å². The molecular weight excluding hydrogens is 408 g/mol. The van der Waals surface area contributed by atoms with Crippen molar-refractivity contribution in [3.8, 4) is 11.5 Å². The third-order valence-electron chi connectivity index (χ3n) is 4.84. The van der Waals surface area contributed by atoms with E-state index in [4.69, 9.17) is 14.2 Å². The number of carbonyl (C=O) groups excluding carboxylic acids is 1. The van der Waals surface area contributed by atoms with Gasteiger partial charge in [0.2, 0.25) is 15.9 Å². The minimum atomic E-state index is -3.76. The van der Waals surface area contributed by atoms with E-state index < -0.39 is 10.0 Å². The van der Waals surface area contributed by atoms with Gasteiger partial charge in [-0.25, -0.2) is 8.42 Å². The maximum Gasteiger partial charge on any atom is 0.246 e. The van der Waals surface area contributed by atoms with Crippen LogP contribution in [0.1, 0.15) is 12.0 Å². The van der Waals surface area contributed by atoms with Gasteiger partial charge < -0.3 is 19.5 Å². The van der Waals surface area contributed by atoms with E-state index in [9.17, 15) is 13.2 Å². The highest BCUT2D eigenvalue weighted by Crippen LogP contribution is 2.30. The van der Waals surface area contributed by atoms with Crippen molar-refractivity contribution < 1.29 is 27.4 Å². The molecule has 0 aromatic heterocycles. The van der Waals surface area contributed by atoms with Gasteiger partial charge in [-0.05, 0) is 42.3 Å². The zero-order valence-corrected chi connectivity index (χ0v) is 17.9. The van der Waals surface area contributed by atoms with Crippen molar-refractivity contribution in [2.45, 2.75) is 17.7 Å². The lowest BCUT2D eigenvalue weighted by atomic mass is 10.1. The molecule has 0 bridgehead atoms. The second-order valence-corrected chi connectivity index (χ2v) is 8.68. The molecule has 1 heterocycles. The average molecular weight is 435 g/mol. The predicted molar refractivity (Wildman–Crippen MR) is 113 cm³/mol. The van der Waals surface area contributed by atoms with Crippen LogP contribution in [0.4, 0.5) is 5.69 Å². The number of hydrogen-bond donors (Lipinski definition) is 1. The molecule has 2 aromatic carbocycles. The van der Waals surface area contributed by atoms with Gasteiger partial charge in [-0.1, -0.05) is 12.1 Å². The first-order valence-corrected chi connectivity index (χ1v) is 11.1. The van der Waals surface area contributed by atoms with E-state index in [0.29, 0.717) is 25.3 Å². The van der Waals surface area contributed by atoms with Crippen LogP contribution in [0.15, 0.2) is 47.4 Å². The molecule has 1 N–H and O–H groups in total. The van der Waals surface area contributed by atoms with Gasteiger partial charge in [0.15, 0.2) is 0 Å². The molecule has 0 aliphatic carbocycles. The van der Waals surface area contributed by atoms with Crippen LogP contribution >= 0.6 is 0 Å². The fourth-order valence-corrected chi connectivity index (χ4v) is 4.75. The number of aryl methyl sites for hydroxylation is 1. The normalized spacial score (nSPS) is 14.9. The standard InChI is InChI=1S/C21H26N2O6S/c1-27-18-7-3-16(4-8-18)5-10-21(24)22-17-6-9-19(28-2)20(15-17)30(25,26)23-11-13-29-14-12-23/h3-4,6-9,15H,5,10-14H2,1-2H3,(H,22,24). The molecule has 30 heavy (non-hydrogen) atoms. The number of carbonyl (C=O) groups is 1. The lowest BCUT2D eigenvalue weighted by Crippen LogP contribution is -2.40. The molecule has 1 saturated heterocycles. The summed E-state index contributed by atoms with van der Waals surface area (Å²) in [6.07, 6.45) is 0.828. The molecule has 8 nitrogen and oxygen atoms in total. The lowest BCUT2D eigenvalue weighted by molar-refractivity contribution is -0.116. The highest BCUT2D eigenvalue weighted by Gasteiger charge is 2.29. The van der Waals surface area contributed by atoms with Crippen molar-refractivity contribution in [2.24, 2.45) is 0 Å². The van der Waals surface area contributed by atoms with Gasteiger partial charge in [0.1, 0.15) is 16.4 Å². The summed E-state index contributed by atoms with van der Waals surface area (Å²) in [6.45, 7) is 1.26. The van der Waals surface area contributed by atoms with Crippen molar-refractivity contribution in [3.05, 3.63) is 48.0 Å². The van der Waals surface area contributed by atoms with Crippen molar-refractivity contribution in [2.75, 3.05) is 45.8 Å². The second kappa shape index (κ2) is 9.92. The molecule has 1 fully saturated rings. The van der Waals surface area contributed by atoms with Gasteiger partial charge in [-0.3, -0.25) is 4.79 Å². The van der Waals surface area contributed by atoms with E-state index in [2.05, 4.69) is 5.32 Å². The number of amides is 1. The second-order valence-electron chi connectivity index (χ2n) is 6.78. The first kappa shape index (κ1) is 22.1. The number of morpholine rings is 1. The maximum absolute atomic E-state index is 13.0. The number of nitrogens with one attached hydrogen (secondary N) is 1. The van der Waals surface area contributed by atoms with Crippen molar-refractivity contribution in [3.63, 3.8) is 0 Å². The summed E-state index contributed by atoms with van der Waals surface area (Å²) >= 11 is 0. The van der Waals surface area contributed by atoms with Crippen molar-refractivity contribution in [1.82, 2.24) is 4.31 Å². The summed E-state index contributed by atoms with van der Waals surface area (Å²) in [4.78, 5) is 12.4. The molecule has 1 aliphatic rings. The molecule has 0 saturated carbocycles. The first-order chi connectivity index (χ1) is 14.4. The van der Waals surface area contributed by atoms with Gasteiger partial charge >= 0.3 is 0 Å². The summed E-state index contributed by atoms with van der Waals surface area (Å²) in [5, 5.41) is 2.77. The highest BCUT2D eigenvalue weighted by molar-refractivity contribution is 7.89. The van der Waals surface area contributed by atoms with E-state index >= 15 is 0 Å². The third kappa shape index (κ3) is 5.29. The summed E-state index contributed by atoms with van der Waals surface area (Å²) in [6, 6.07) is 12.1. The minimum absolute atomic E-state index is 0.0276. The SMILES string of the molecule is COc1ccc(CCC(=O)Nc2ccc(OC)c(S(=O)(=O)N3CCOCC3)c2)cc1. The number of sulfonamides is 1. The molecule has 162 valence electrons. The number of methoxy groups -OCH3 is 2. The lowest BCUT2D eigenvalue weighted by Gasteiger charge is -2.26. The quantitative estimate of drug-likeness (QED) is 0.685. The zero-order valence-electron chi connectivity index (χ0n) is 17.1. The van der Waals surface area contributed by atoms with E-state index in [-0.39, 0.29) is 36.1 Å². The maximum atomic E-state index is 13.0. The molecule has 0 unspecified atom stereocenters. The number of ether oxygens (including phenoxy) is 3. The number of nitrogens with zero attached hydrogens (tertiary/aromatic N) is 1. The number of rotatable bonds is 8. The minimum Gasteiger partial charge on any atom is -0.497 e. The monoisotopic (exact) mass is 434 g/mol. The molecule has 3 rings (SSSR count). The fourth-order valence-electron chi connectivity index (χ4n) is 3.16. The molecule has 0 spiro atoms. The summed E-state index contributed by atoms with van der Waals surface area (Å²) in [7, 11) is -0.740. The van der Waals surface area contributed by atoms with Crippen molar-refractivity contribution >= 4 is 21.6 Å². The Morgan fingerprint density at radius 3 is 2.40 bits per heavy atom. The van der Waals surface area contributed by atoms with Crippen LogP contribution in [0, 0.1) is 0 Å². The summed E-state index contributed by atoms with van der Waals surface area (Å²) < 4.78 is 43.0. The van der Waals surface area contributed by atoms with E-state index in [0.717, 1.165) is 11.3 Å². The number of hydrogen-bond acceptors (Lipinski definition) is 6. The Kier molecular flexibility index (Phi) is 7.30. The van der Waals surface area contributed by atoms with E-state index in [1.807, 2.05) is 24.3 Å². The largest absolute Gasteiger partial charge is 0.497 e. The topological polar surface area (TPSA) is 94.2 Å². The van der Waals surface area contributed by atoms with Gasteiger partial charge in [0, 0.05) is 25.2 Å². The molecule has 9 heteroatoms. The van der Waals surface area contributed by atoms with Crippen LogP contribution in [0.25, 0.3) is 0 Å². The van der Waals surface area contributed by atoms with Gasteiger partial charge in [0.05, 0.1) is 27.4 Å². The van der Waals surface area contributed by atoms with Crippen LogP contribution in [-0.4, -0.2) is 59.2 Å². The Morgan fingerprint density at radius 1 is 1.07 bits per heavy atom. The molecule has 2 aromatic rings. The molecule has 0 atom stereocenters. The van der Waals surface area contributed by atoms with Gasteiger partial charge in [0.25, 0.3) is 0 Å². The predicted octanol–water partition coefficient (Wildman–Crippen LogP) is 2.30. The van der Waals surface area contributed by atoms with Crippen LogP contribution in [-0.2, 0) is 26.0 Å². The zero-order chi connectivity index (χ0) is 21.6. The Hall–Kier alpha value is -2.62. The average Bonchev–Trinajstić information content (AvgIpc) is 2.78. The first-order valence-electron chi connectivity index (χ1n) is 9.63. The molecule has 1 amide bonds. The fraction of sp³-hybridized carbons (Fsp3) is 0.381. The van der Waals surface area contributed by atoms with E-state index in [1.165, 1.54) is 17.5 Å². The number of benzene rings is 2. The number of anilines is 1. The highest BCUT2D eigenvalue weighted by atomic mass is 32.2. The van der Waals surface area contributed by atoms with Gasteiger partial charge in [-0.2, -0.15) is 4.31 Å². The Morgan fingerprint density at radius 2 is 1.77 bits per heavy atom. The summed E-state index contributed by atoms with van der Waals surface area (Å²) in [5.41, 5.74) is 1.42. The van der Waals surface area contributed by atoms with Crippen LogP contribution in [0.2, 0.25) is 0 Å². The molecular formula is C21H26N2O6S. The molecule has 1 aliphatic heterocycles. The smallest absolute Gasteiger partial charge is 0.246 e. The summed E-state index contributed by atoms with van der Waals surface area (Å²) in [5.74, 6) is 0.791.